The largest absolute Gasteiger partial charge is 0.241 e. The van der Waals surface area contributed by atoms with Gasteiger partial charge in [-0.1, -0.05) is 48.9 Å². The molecule has 0 aliphatic carbocycles. The summed E-state index contributed by atoms with van der Waals surface area (Å²) in [5.41, 5.74) is 0.899. The summed E-state index contributed by atoms with van der Waals surface area (Å²) in [6.45, 7) is 1.94. The lowest BCUT2D eigenvalue weighted by Gasteiger charge is -2.17. The van der Waals surface area contributed by atoms with Gasteiger partial charge < -0.3 is 0 Å². The zero-order chi connectivity index (χ0) is 14.6. The van der Waals surface area contributed by atoms with Crippen LogP contribution >= 0.6 is 11.6 Å². The van der Waals surface area contributed by atoms with Crippen LogP contribution in [0, 0.1) is 0 Å². The zero-order valence-corrected chi connectivity index (χ0v) is 12.7. The van der Waals surface area contributed by atoms with E-state index < -0.39 is 10.0 Å². The van der Waals surface area contributed by atoms with Gasteiger partial charge in [0, 0.05) is 11.1 Å². The second-order valence-electron chi connectivity index (χ2n) is 4.45. The van der Waals surface area contributed by atoms with Crippen LogP contribution in [-0.4, -0.2) is 8.42 Å². The Kier molecular flexibility index (Phi) is 4.81. The molecule has 0 radical (unpaired) electrons. The highest BCUT2D eigenvalue weighted by Crippen LogP contribution is 2.21. The molecule has 0 heterocycles. The van der Waals surface area contributed by atoms with Gasteiger partial charge in [0.2, 0.25) is 10.0 Å². The second-order valence-corrected chi connectivity index (χ2v) is 6.60. The highest BCUT2D eigenvalue weighted by Gasteiger charge is 2.19. The van der Waals surface area contributed by atoms with Crippen LogP contribution in [0.15, 0.2) is 59.5 Å². The third-order valence-corrected chi connectivity index (χ3v) is 4.77. The van der Waals surface area contributed by atoms with Gasteiger partial charge in [0.1, 0.15) is 0 Å². The van der Waals surface area contributed by atoms with Crippen LogP contribution in [-0.2, 0) is 10.0 Å². The average Bonchev–Trinajstić information content (AvgIpc) is 2.47. The molecule has 3 nitrogen and oxygen atoms in total. The van der Waals surface area contributed by atoms with E-state index >= 15 is 0 Å². The molecule has 0 aromatic heterocycles. The first-order valence-corrected chi connectivity index (χ1v) is 8.22. The van der Waals surface area contributed by atoms with Gasteiger partial charge in [-0.2, -0.15) is 0 Å². The minimum atomic E-state index is -3.51. The van der Waals surface area contributed by atoms with Crippen molar-refractivity contribution in [3.05, 3.63) is 65.2 Å². The Morgan fingerprint density at radius 1 is 1.05 bits per heavy atom. The monoisotopic (exact) mass is 309 g/mol. The van der Waals surface area contributed by atoms with E-state index in [4.69, 9.17) is 11.6 Å². The fourth-order valence-corrected chi connectivity index (χ4v) is 3.39. The Morgan fingerprint density at radius 2 is 1.65 bits per heavy atom. The van der Waals surface area contributed by atoms with E-state index in [1.165, 1.54) is 0 Å². The van der Waals surface area contributed by atoms with Crippen molar-refractivity contribution in [2.75, 3.05) is 0 Å². The fraction of sp³-hybridized carbons (Fsp3) is 0.200. The minimum absolute atomic E-state index is 0.266. The average molecular weight is 310 g/mol. The normalized spacial score (nSPS) is 13.1. The van der Waals surface area contributed by atoms with E-state index in [1.807, 2.05) is 19.1 Å². The topological polar surface area (TPSA) is 46.2 Å². The van der Waals surface area contributed by atoms with Crippen molar-refractivity contribution in [1.29, 1.82) is 0 Å². The molecular weight excluding hydrogens is 294 g/mol. The summed E-state index contributed by atoms with van der Waals surface area (Å²) in [7, 11) is -3.51. The van der Waals surface area contributed by atoms with Gasteiger partial charge in [0.25, 0.3) is 0 Å². The minimum Gasteiger partial charge on any atom is -0.207 e. The van der Waals surface area contributed by atoms with Crippen molar-refractivity contribution < 1.29 is 8.42 Å². The van der Waals surface area contributed by atoms with Crippen LogP contribution < -0.4 is 4.72 Å². The highest BCUT2D eigenvalue weighted by atomic mass is 35.5. The maximum absolute atomic E-state index is 12.3. The molecule has 0 saturated carbocycles. The maximum Gasteiger partial charge on any atom is 0.241 e. The van der Waals surface area contributed by atoms with E-state index in [0.717, 1.165) is 5.56 Å². The highest BCUT2D eigenvalue weighted by molar-refractivity contribution is 7.89. The van der Waals surface area contributed by atoms with E-state index in [-0.39, 0.29) is 10.9 Å². The number of sulfonamides is 1. The van der Waals surface area contributed by atoms with E-state index in [1.54, 1.807) is 42.5 Å². The van der Waals surface area contributed by atoms with Crippen molar-refractivity contribution in [2.24, 2.45) is 0 Å². The predicted molar refractivity (Wildman–Crippen MR) is 81.2 cm³/mol. The van der Waals surface area contributed by atoms with Gasteiger partial charge in [0.05, 0.1) is 4.90 Å². The molecule has 0 spiro atoms. The van der Waals surface area contributed by atoms with Crippen LogP contribution in [0.25, 0.3) is 0 Å². The first-order valence-electron chi connectivity index (χ1n) is 6.36. The van der Waals surface area contributed by atoms with E-state index in [0.29, 0.717) is 11.4 Å². The molecule has 0 amide bonds. The molecule has 0 aliphatic heterocycles. The van der Waals surface area contributed by atoms with Crippen LogP contribution in [0.5, 0.6) is 0 Å². The second kappa shape index (κ2) is 6.39. The lowest BCUT2D eigenvalue weighted by molar-refractivity contribution is 0.550. The van der Waals surface area contributed by atoms with Crippen LogP contribution in [0.4, 0.5) is 0 Å². The summed E-state index contributed by atoms with van der Waals surface area (Å²) in [5, 5.41) is 0.634. The zero-order valence-electron chi connectivity index (χ0n) is 11.1. The number of hydrogen-bond acceptors (Lipinski definition) is 2. The number of halogens is 1. The summed E-state index contributed by atoms with van der Waals surface area (Å²) < 4.78 is 27.3. The molecule has 0 fully saturated rings. The Morgan fingerprint density at radius 3 is 2.20 bits per heavy atom. The summed E-state index contributed by atoms with van der Waals surface area (Å²) in [6, 6.07) is 15.3. The summed E-state index contributed by atoms with van der Waals surface area (Å²) in [4.78, 5) is 0.271. The Bertz CT molecular complexity index is 654. The summed E-state index contributed by atoms with van der Waals surface area (Å²) in [6.07, 6.45) is 0.660. The van der Waals surface area contributed by atoms with Crippen molar-refractivity contribution in [1.82, 2.24) is 4.72 Å². The molecule has 1 atom stereocenters. The first kappa shape index (κ1) is 15.0. The molecule has 0 saturated heterocycles. The Hall–Kier alpha value is -1.36. The molecule has 1 N–H and O–H groups in total. The third-order valence-electron chi connectivity index (χ3n) is 3.03. The van der Waals surface area contributed by atoms with Gasteiger partial charge in [-0.15, -0.1) is 0 Å². The number of rotatable bonds is 5. The van der Waals surface area contributed by atoms with E-state index in [2.05, 4.69) is 4.72 Å². The van der Waals surface area contributed by atoms with Crippen LogP contribution in [0.3, 0.4) is 0 Å². The fourth-order valence-electron chi connectivity index (χ4n) is 1.94. The molecule has 0 unspecified atom stereocenters. The lowest BCUT2D eigenvalue weighted by Crippen LogP contribution is -2.28. The van der Waals surface area contributed by atoms with E-state index in [9.17, 15) is 8.42 Å². The lowest BCUT2D eigenvalue weighted by atomic mass is 10.1. The smallest absolute Gasteiger partial charge is 0.207 e. The van der Waals surface area contributed by atoms with Crippen molar-refractivity contribution in [2.45, 2.75) is 24.3 Å². The SMILES string of the molecule is CC[C@H](NS(=O)(=O)c1ccccc1)c1ccc(Cl)cc1. The van der Waals surface area contributed by atoms with Gasteiger partial charge in [0.15, 0.2) is 0 Å². The van der Waals surface area contributed by atoms with Crippen LogP contribution in [0.2, 0.25) is 5.02 Å². The summed E-state index contributed by atoms with van der Waals surface area (Å²) >= 11 is 5.85. The number of nitrogens with one attached hydrogen (secondary N) is 1. The molecule has 20 heavy (non-hydrogen) atoms. The van der Waals surface area contributed by atoms with Crippen molar-refractivity contribution >= 4 is 21.6 Å². The van der Waals surface area contributed by atoms with Crippen molar-refractivity contribution in [3.8, 4) is 0 Å². The van der Waals surface area contributed by atoms with Gasteiger partial charge in [-0.3, -0.25) is 0 Å². The van der Waals surface area contributed by atoms with Gasteiger partial charge >= 0.3 is 0 Å². The Balaban J connectivity index is 2.24. The predicted octanol–water partition coefficient (Wildman–Crippen LogP) is 3.77. The van der Waals surface area contributed by atoms with Crippen LogP contribution in [0.1, 0.15) is 24.9 Å². The molecule has 2 rings (SSSR count). The molecule has 0 aliphatic rings. The maximum atomic E-state index is 12.3. The molecule has 2 aromatic rings. The third kappa shape index (κ3) is 3.60. The number of benzene rings is 2. The quantitative estimate of drug-likeness (QED) is 0.914. The first-order chi connectivity index (χ1) is 9.53. The molecule has 0 bridgehead atoms. The molecular formula is C15H16ClNO2S. The van der Waals surface area contributed by atoms with Gasteiger partial charge in [-0.05, 0) is 36.2 Å². The molecule has 106 valence electrons. The molecule has 2 aromatic carbocycles. The van der Waals surface area contributed by atoms with Gasteiger partial charge in [-0.25, -0.2) is 13.1 Å². The number of hydrogen-bond donors (Lipinski definition) is 1. The standard InChI is InChI=1S/C15H16ClNO2S/c1-2-15(12-8-10-13(16)11-9-12)17-20(18,19)14-6-4-3-5-7-14/h3-11,15,17H,2H2,1H3/t15-/m0/s1. The summed E-state index contributed by atoms with van der Waals surface area (Å²) in [5.74, 6) is 0. The van der Waals surface area contributed by atoms with Crippen molar-refractivity contribution in [3.63, 3.8) is 0 Å². The molecule has 5 heteroatoms. The Labute approximate surface area is 124 Å².